The number of para-hydroxylation sites is 1. The fourth-order valence-corrected chi connectivity index (χ4v) is 4.27. The number of fused-ring (bicyclic) bond motifs is 3. The number of benzene rings is 2. The van der Waals surface area contributed by atoms with Crippen molar-refractivity contribution in [1.82, 2.24) is 4.57 Å². The fourth-order valence-electron chi connectivity index (χ4n) is 4.27. The highest BCUT2D eigenvalue weighted by atomic mass is 16.5. The number of hydrogen-bond donors (Lipinski definition) is 1. The quantitative estimate of drug-likeness (QED) is 0.566. The van der Waals surface area contributed by atoms with Gasteiger partial charge in [0.25, 0.3) is 0 Å². The molecule has 1 aliphatic heterocycles. The predicted molar refractivity (Wildman–Crippen MR) is 118 cm³/mol. The van der Waals surface area contributed by atoms with Gasteiger partial charge in [-0.2, -0.15) is 0 Å². The molecule has 1 aromatic heterocycles. The van der Waals surface area contributed by atoms with E-state index in [1.165, 1.54) is 27.4 Å². The Labute approximate surface area is 170 Å². The lowest BCUT2D eigenvalue weighted by molar-refractivity contribution is 0.245. The van der Waals surface area contributed by atoms with Crippen molar-refractivity contribution in [3.63, 3.8) is 0 Å². The zero-order valence-corrected chi connectivity index (χ0v) is 16.5. The number of nitrogens with one attached hydrogen (secondary N) is 1. The van der Waals surface area contributed by atoms with Gasteiger partial charge in [-0.15, -0.1) is 0 Å². The molecule has 0 spiro atoms. The molecule has 1 N–H and O–H groups in total. The predicted octanol–water partition coefficient (Wildman–Crippen LogP) is 6.23. The third-order valence-electron chi connectivity index (χ3n) is 5.62. The normalized spacial score (nSPS) is 16.9. The molecule has 5 rings (SSSR count). The largest absolute Gasteiger partial charge is 0.466 e. The summed E-state index contributed by atoms with van der Waals surface area (Å²) < 4.78 is 13.5. The average Bonchev–Trinajstić information content (AvgIpc) is 3.11. The molecule has 0 saturated heterocycles. The van der Waals surface area contributed by atoms with E-state index < -0.39 is 0 Å². The summed E-state index contributed by atoms with van der Waals surface area (Å²) in [5.74, 6) is 0.769. The summed E-state index contributed by atoms with van der Waals surface area (Å²) in [5.41, 5.74) is 4.88. The first kappa shape index (κ1) is 17.7. The van der Waals surface area contributed by atoms with Crippen molar-refractivity contribution in [2.24, 2.45) is 0 Å². The molecule has 2 heterocycles. The summed E-state index contributed by atoms with van der Waals surface area (Å²) in [6.07, 6.45) is 13.3. The van der Waals surface area contributed by atoms with E-state index in [-0.39, 0.29) is 6.04 Å². The lowest BCUT2D eigenvalue weighted by Gasteiger charge is -2.26. The van der Waals surface area contributed by atoms with Crippen LogP contribution in [0.1, 0.15) is 19.8 Å². The van der Waals surface area contributed by atoms with Crippen molar-refractivity contribution in [1.29, 1.82) is 0 Å². The maximum Gasteiger partial charge on any atom is 0.165 e. The van der Waals surface area contributed by atoms with E-state index in [4.69, 9.17) is 9.47 Å². The van der Waals surface area contributed by atoms with Crippen molar-refractivity contribution < 1.29 is 9.47 Å². The van der Waals surface area contributed by atoms with E-state index in [0.717, 1.165) is 30.8 Å². The Morgan fingerprint density at radius 2 is 1.97 bits per heavy atom. The topological polar surface area (TPSA) is 35.4 Å². The Hall–Kier alpha value is -3.40. The molecular weight excluding hydrogens is 360 g/mol. The molecule has 0 amide bonds. The van der Waals surface area contributed by atoms with Gasteiger partial charge in [-0.05, 0) is 49.6 Å². The maximum atomic E-state index is 5.77. The summed E-state index contributed by atoms with van der Waals surface area (Å²) in [4.78, 5) is 0. The molecule has 4 nitrogen and oxygen atoms in total. The van der Waals surface area contributed by atoms with Gasteiger partial charge in [0.15, 0.2) is 5.76 Å². The highest BCUT2D eigenvalue weighted by Gasteiger charge is 2.23. The third-order valence-corrected chi connectivity index (χ3v) is 5.62. The number of aromatic nitrogens is 1. The van der Waals surface area contributed by atoms with Crippen LogP contribution in [-0.4, -0.2) is 10.6 Å². The molecule has 4 heteroatoms. The Morgan fingerprint density at radius 3 is 2.76 bits per heavy atom. The van der Waals surface area contributed by atoms with E-state index in [2.05, 4.69) is 77.5 Å². The van der Waals surface area contributed by atoms with E-state index in [0.29, 0.717) is 0 Å². The number of aryl methyl sites for hydroxylation is 1. The Balaban J connectivity index is 1.56. The number of hydrogen-bond acceptors (Lipinski definition) is 3. The standard InChI is InChI=1S/C25H24N2O2/c1-2-27-22-11-7-6-10-20(22)21-16-19(12-13-23(21)27)26-25(18-8-4-3-5-9-18)24-17-28-14-15-29-24/h3-4,6-8,10-17,25-26H,2,5,9H2,1H3. The number of nitrogens with zero attached hydrogens (tertiary/aromatic N) is 1. The number of allylic oxidation sites excluding steroid dienone is 3. The molecule has 0 fully saturated rings. The zero-order chi connectivity index (χ0) is 19.6. The van der Waals surface area contributed by atoms with E-state index >= 15 is 0 Å². The molecule has 0 saturated carbocycles. The molecule has 1 aliphatic carbocycles. The van der Waals surface area contributed by atoms with E-state index in [1.807, 2.05) is 0 Å². The van der Waals surface area contributed by atoms with Crippen LogP contribution in [0.25, 0.3) is 21.8 Å². The van der Waals surface area contributed by atoms with Gasteiger partial charge in [0.1, 0.15) is 24.8 Å². The van der Waals surface area contributed by atoms with Gasteiger partial charge < -0.3 is 19.4 Å². The second-order valence-corrected chi connectivity index (χ2v) is 7.33. The second-order valence-electron chi connectivity index (χ2n) is 7.33. The first-order valence-electron chi connectivity index (χ1n) is 10.2. The molecule has 3 aromatic rings. The molecule has 0 radical (unpaired) electrons. The molecule has 146 valence electrons. The fraction of sp³-hybridized carbons (Fsp3) is 0.200. The van der Waals surface area contributed by atoms with Crippen LogP contribution in [0.2, 0.25) is 0 Å². The van der Waals surface area contributed by atoms with Crippen LogP contribution in [0, 0.1) is 0 Å². The molecule has 1 unspecified atom stereocenters. The number of anilines is 1. The summed E-state index contributed by atoms with van der Waals surface area (Å²) in [6.45, 7) is 3.14. The summed E-state index contributed by atoms with van der Waals surface area (Å²) in [5, 5.41) is 6.23. The lowest BCUT2D eigenvalue weighted by Crippen LogP contribution is -2.26. The average molecular weight is 384 g/mol. The summed E-state index contributed by atoms with van der Waals surface area (Å²) in [6, 6.07) is 15.1. The molecular formula is C25H24N2O2. The third kappa shape index (κ3) is 3.21. The Bertz CT molecular complexity index is 1180. The smallest absolute Gasteiger partial charge is 0.165 e. The van der Waals surface area contributed by atoms with E-state index in [1.54, 1.807) is 18.8 Å². The molecule has 2 aliphatic rings. The lowest BCUT2D eigenvalue weighted by atomic mass is 9.96. The van der Waals surface area contributed by atoms with Crippen LogP contribution < -0.4 is 5.32 Å². The number of rotatable bonds is 5. The van der Waals surface area contributed by atoms with Gasteiger partial charge in [0, 0.05) is 34.0 Å². The minimum absolute atomic E-state index is 0.0677. The monoisotopic (exact) mass is 384 g/mol. The highest BCUT2D eigenvalue weighted by Crippen LogP contribution is 2.33. The molecule has 29 heavy (non-hydrogen) atoms. The second kappa shape index (κ2) is 7.55. The SMILES string of the molecule is CCn1c2ccccc2c2cc(NC(C3=CC=CCC3)C3=COC=CO3)ccc21. The van der Waals surface area contributed by atoms with Gasteiger partial charge in [-0.25, -0.2) is 0 Å². The van der Waals surface area contributed by atoms with E-state index in [9.17, 15) is 0 Å². The van der Waals surface area contributed by atoms with Crippen molar-refractivity contribution >= 4 is 27.5 Å². The summed E-state index contributed by atoms with van der Waals surface area (Å²) >= 11 is 0. The zero-order valence-electron chi connectivity index (χ0n) is 16.5. The highest BCUT2D eigenvalue weighted by molar-refractivity contribution is 6.09. The minimum Gasteiger partial charge on any atom is -0.466 e. The van der Waals surface area contributed by atoms with Gasteiger partial charge in [-0.1, -0.05) is 36.4 Å². The first-order chi connectivity index (χ1) is 14.3. The van der Waals surface area contributed by atoms with Crippen molar-refractivity contribution in [3.8, 4) is 0 Å². The van der Waals surface area contributed by atoms with Crippen molar-refractivity contribution in [2.75, 3.05) is 5.32 Å². The Kier molecular flexibility index (Phi) is 4.60. The van der Waals surface area contributed by atoms with Crippen LogP contribution in [0.5, 0.6) is 0 Å². The first-order valence-corrected chi connectivity index (χ1v) is 10.2. The Morgan fingerprint density at radius 1 is 1.07 bits per heavy atom. The molecule has 1 atom stereocenters. The van der Waals surface area contributed by atoms with Gasteiger partial charge in [0.2, 0.25) is 0 Å². The molecule has 2 aromatic carbocycles. The van der Waals surface area contributed by atoms with Crippen molar-refractivity contribution in [2.45, 2.75) is 32.4 Å². The maximum absolute atomic E-state index is 5.77. The minimum atomic E-state index is -0.0677. The van der Waals surface area contributed by atoms with Crippen LogP contribution in [0.3, 0.4) is 0 Å². The van der Waals surface area contributed by atoms with Crippen molar-refractivity contribution in [3.05, 3.63) is 90.8 Å². The number of ether oxygens (including phenoxy) is 2. The summed E-state index contributed by atoms with van der Waals surface area (Å²) in [7, 11) is 0. The molecule has 0 bridgehead atoms. The van der Waals surface area contributed by atoms with Gasteiger partial charge >= 0.3 is 0 Å². The van der Waals surface area contributed by atoms with Gasteiger partial charge in [-0.3, -0.25) is 0 Å². The van der Waals surface area contributed by atoms with Crippen LogP contribution in [0.15, 0.2) is 90.8 Å². The van der Waals surface area contributed by atoms with Crippen LogP contribution in [0.4, 0.5) is 5.69 Å². The van der Waals surface area contributed by atoms with Gasteiger partial charge in [0.05, 0.1) is 0 Å². The van der Waals surface area contributed by atoms with Crippen LogP contribution >= 0.6 is 0 Å². The van der Waals surface area contributed by atoms with Crippen LogP contribution in [-0.2, 0) is 16.0 Å².